The summed E-state index contributed by atoms with van der Waals surface area (Å²) in [7, 11) is 0. The number of aryl methyl sites for hydroxylation is 1. The third kappa shape index (κ3) is 2.06. The standard InChI is InChI=1S/C13H14N2O3S/c1-6-5-19-13(14-6)15-11(16)9-7-2-3-8(4-7)10(9)12(17)18/h2-3,5,7-10H,4H2,1H3,(H,17,18)(H,14,15,16)/t7-,8+,9-,10-/m0/s1. The van der Waals surface area contributed by atoms with Crippen LogP contribution in [0.3, 0.4) is 0 Å². The van der Waals surface area contributed by atoms with E-state index >= 15 is 0 Å². The maximum atomic E-state index is 12.3. The van der Waals surface area contributed by atoms with Crippen LogP contribution in [0, 0.1) is 30.6 Å². The molecule has 0 radical (unpaired) electrons. The summed E-state index contributed by atoms with van der Waals surface area (Å²) in [6.07, 6.45) is 4.67. The zero-order valence-corrected chi connectivity index (χ0v) is 11.2. The Morgan fingerprint density at radius 3 is 2.63 bits per heavy atom. The fraction of sp³-hybridized carbons (Fsp3) is 0.462. The van der Waals surface area contributed by atoms with Crippen LogP contribution in [0.5, 0.6) is 0 Å². The summed E-state index contributed by atoms with van der Waals surface area (Å²) >= 11 is 1.36. The summed E-state index contributed by atoms with van der Waals surface area (Å²) in [5.74, 6) is -2.14. The molecule has 3 rings (SSSR count). The number of anilines is 1. The number of aromatic nitrogens is 1. The first-order valence-electron chi connectivity index (χ1n) is 6.20. The molecule has 2 aliphatic carbocycles. The van der Waals surface area contributed by atoms with Gasteiger partial charge in [-0.15, -0.1) is 11.3 Å². The molecule has 6 heteroatoms. The van der Waals surface area contributed by atoms with Crippen molar-refractivity contribution in [3.63, 3.8) is 0 Å². The van der Waals surface area contributed by atoms with Crippen LogP contribution >= 0.6 is 11.3 Å². The van der Waals surface area contributed by atoms with E-state index in [9.17, 15) is 14.7 Å². The van der Waals surface area contributed by atoms with Gasteiger partial charge in [-0.05, 0) is 25.2 Å². The Hall–Kier alpha value is -1.69. The molecular formula is C13H14N2O3S. The average molecular weight is 278 g/mol. The first kappa shape index (κ1) is 12.3. The zero-order valence-electron chi connectivity index (χ0n) is 10.4. The topological polar surface area (TPSA) is 79.3 Å². The van der Waals surface area contributed by atoms with E-state index in [1.54, 1.807) is 0 Å². The maximum Gasteiger partial charge on any atom is 0.307 e. The Balaban J connectivity index is 1.79. The highest BCUT2D eigenvalue weighted by Gasteiger charge is 2.51. The molecule has 19 heavy (non-hydrogen) atoms. The lowest BCUT2D eigenvalue weighted by Gasteiger charge is -2.23. The number of carbonyl (C=O) groups is 2. The third-order valence-electron chi connectivity index (χ3n) is 3.90. The molecule has 4 atom stereocenters. The molecular weight excluding hydrogens is 264 g/mol. The molecule has 0 saturated heterocycles. The second-order valence-electron chi connectivity index (χ2n) is 5.12. The second kappa shape index (κ2) is 4.45. The number of amides is 1. The summed E-state index contributed by atoms with van der Waals surface area (Å²) < 4.78 is 0. The fourth-order valence-corrected chi connectivity index (χ4v) is 3.81. The molecule has 1 heterocycles. The van der Waals surface area contributed by atoms with Crippen molar-refractivity contribution in [3.8, 4) is 0 Å². The largest absolute Gasteiger partial charge is 0.481 e. The number of allylic oxidation sites excluding steroid dienone is 2. The number of nitrogens with zero attached hydrogens (tertiary/aromatic N) is 1. The minimum absolute atomic E-state index is 0.00344. The first-order chi connectivity index (χ1) is 9.06. The minimum Gasteiger partial charge on any atom is -0.481 e. The van der Waals surface area contributed by atoms with Crippen LogP contribution in [0.2, 0.25) is 0 Å². The molecule has 1 fully saturated rings. The highest BCUT2D eigenvalue weighted by atomic mass is 32.1. The van der Waals surface area contributed by atoms with Crippen molar-refractivity contribution in [1.29, 1.82) is 0 Å². The van der Waals surface area contributed by atoms with Crippen LogP contribution in [0.25, 0.3) is 0 Å². The number of nitrogens with one attached hydrogen (secondary N) is 1. The molecule has 1 aromatic rings. The van der Waals surface area contributed by atoms with Gasteiger partial charge in [0.2, 0.25) is 5.91 Å². The van der Waals surface area contributed by atoms with E-state index in [1.165, 1.54) is 11.3 Å². The van der Waals surface area contributed by atoms with Crippen LogP contribution < -0.4 is 5.32 Å². The molecule has 0 aromatic carbocycles. The van der Waals surface area contributed by atoms with Gasteiger partial charge in [0.1, 0.15) is 0 Å². The number of carboxylic acids is 1. The zero-order chi connectivity index (χ0) is 13.6. The number of aliphatic carboxylic acids is 1. The van der Waals surface area contributed by atoms with Gasteiger partial charge >= 0.3 is 5.97 Å². The van der Waals surface area contributed by atoms with E-state index in [4.69, 9.17) is 0 Å². The van der Waals surface area contributed by atoms with Gasteiger partial charge in [-0.25, -0.2) is 4.98 Å². The monoisotopic (exact) mass is 278 g/mol. The van der Waals surface area contributed by atoms with Crippen molar-refractivity contribution < 1.29 is 14.7 Å². The number of fused-ring (bicyclic) bond motifs is 2. The fourth-order valence-electron chi connectivity index (χ4n) is 3.12. The van der Waals surface area contributed by atoms with E-state index in [0.717, 1.165) is 12.1 Å². The molecule has 2 N–H and O–H groups in total. The normalized spacial score (nSPS) is 31.6. The molecule has 0 aliphatic heterocycles. The van der Waals surface area contributed by atoms with Gasteiger partial charge in [0, 0.05) is 5.38 Å². The lowest BCUT2D eigenvalue weighted by molar-refractivity contribution is -0.146. The van der Waals surface area contributed by atoms with Crippen LogP contribution in [-0.2, 0) is 9.59 Å². The van der Waals surface area contributed by atoms with Crippen molar-refractivity contribution in [3.05, 3.63) is 23.2 Å². The summed E-state index contributed by atoms with van der Waals surface area (Å²) in [5.41, 5.74) is 0.850. The van der Waals surface area contributed by atoms with Crippen LogP contribution in [0.1, 0.15) is 12.1 Å². The highest BCUT2D eigenvalue weighted by molar-refractivity contribution is 7.13. The molecule has 1 aromatic heterocycles. The second-order valence-corrected chi connectivity index (χ2v) is 5.98. The molecule has 5 nitrogen and oxygen atoms in total. The van der Waals surface area contributed by atoms with E-state index in [-0.39, 0.29) is 17.7 Å². The van der Waals surface area contributed by atoms with Crippen molar-refractivity contribution in [2.75, 3.05) is 5.32 Å². The van der Waals surface area contributed by atoms with E-state index in [0.29, 0.717) is 5.13 Å². The van der Waals surface area contributed by atoms with Gasteiger partial charge in [0.15, 0.2) is 5.13 Å². The number of hydrogen-bond acceptors (Lipinski definition) is 4. The number of thiazole rings is 1. The van der Waals surface area contributed by atoms with E-state index < -0.39 is 17.8 Å². The Kier molecular flexibility index (Phi) is 2.89. The predicted octanol–water partition coefficient (Wildman–Crippen LogP) is 1.91. The lowest BCUT2D eigenvalue weighted by Crippen LogP contribution is -2.36. The number of rotatable bonds is 3. The quantitative estimate of drug-likeness (QED) is 0.828. The van der Waals surface area contributed by atoms with Crippen molar-refractivity contribution in [1.82, 2.24) is 4.98 Å². The lowest BCUT2D eigenvalue weighted by atomic mass is 9.82. The maximum absolute atomic E-state index is 12.3. The Morgan fingerprint density at radius 2 is 2.05 bits per heavy atom. The number of hydrogen-bond donors (Lipinski definition) is 2. The summed E-state index contributed by atoms with van der Waals surface area (Å²) in [6, 6.07) is 0. The van der Waals surface area contributed by atoms with Crippen LogP contribution in [0.15, 0.2) is 17.5 Å². The van der Waals surface area contributed by atoms with Gasteiger partial charge in [0.25, 0.3) is 0 Å². The molecule has 0 unspecified atom stereocenters. The molecule has 0 spiro atoms. The van der Waals surface area contributed by atoms with Crippen molar-refractivity contribution >= 4 is 28.3 Å². The highest BCUT2D eigenvalue weighted by Crippen LogP contribution is 2.48. The molecule has 2 aliphatic rings. The number of carboxylic acid groups (broad SMARTS) is 1. The smallest absolute Gasteiger partial charge is 0.307 e. The third-order valence-corrected chi connectivity index (χ3v) is 4.77. The van der Waals surface area contributed by atoms with E-state index in [2.05, 4.69) is 10.3 Å². The van der Waals surface area contributed by atoms with E-state index in [1.807, 2.05) is 24.5 Å². The predicted molar refractivity (Wildman–Crippen MR) is 70.8 cm³/mol. The van der Waals surface area contributed by atoms with Gasteiger partial charge in [-0.1, -0.05) is 12.2 Å². The van der Waals surface area contributed by atoms with Crippen LogP contribution in [0.4, 0.5) is 5.13 Å². The van der Waals surface area contributed by atoms with Gasteiger partial charge in [-0.3, -0.25) is 9.59 Å². The average Bonchev–Trinajstić information content (AvgIpc) is 3.03. The number of carbonyl (C=O) groups excluding carboxylic acids is 1. The molecule has 100 valence electrons. The van der Waals surface area contributed by atoms with Gasteiger partial charge in [-0.2, -0.15) is 0 Å². The van der Waals surface area contributed by atoms with Gasteiger partial charge < -0.3 is 10.4 Å². The van der Waals surface area contributed by atoms with Crippen LogP contribution in [-0.4, -0.2) is 22.0 Å². The van der Waals surface area contributed by atoms with Crippen molar-refractivity contribution in [2.45, 2.75) is 13.3 Å². The summed E-state index contributed by atoms with van der Waals surface area (Å²) in [4.78, 5) is 27.8. The minimum atomic E-state index is -0.882. The van der Waals surface area contributed by atoms with Crippen molar-refractivity contribution in [2.24, 2.45) is 23.7 Å². The Morgan fingerprint density at radius 1 is 1.37 bits per heavy atom. The first-order valence-corrected chi connectivity index (χ1v) is 7.08. The molecule has 1 amide bonds. The summed E-state index contributed by atoms with van der Waals surface area (Å²) in [6.45, 7) is 1.85. The Bertz CT molecular complexity index is 566. The van der Waals surface area contributed by atoms with Gasteiger partial charge in [0.05, 0.1) is 17.5 Å². The molecule has 1 saturated carbocycles. The molecule has 2 bridgehead atoms. The summed E-state index contributed by atoms with van der Waals surface area (Å²) in [5, 5.41) is 14.4. The SMILES string of the molecule is Cc1csc(NC(=O)[C@@H]2[C@@H](C(=O)O)[C@@H]3C=C[C@H]2C3)n1. The Labute approximate surface area is 114 Å².